The van der Waals surface area contributed by atoms with Crippen LogP contribution in [0.5, 0.6) is 5.75 Å². The van der Waals surface area contributed by atoms with Crippen LogP contribution < -0.4 is 0 Å². The highest BCUT2D eigenvalue weighted by Crippen LogP contribution is 2.50. The summed E-state index contributed by atoms with van der Waals surface area (Å²) >= 11 is 0. The maximum Gasteiger partial charge on any atom is 0.149 e. The van der Waals surface area contributed by atoms with E-state index in [4.69, 9.17) is 9.97 Å². The molecule has 264 valence electrons. The van der Waals surface area contributed by atoms with Crippen LogP contribution in [0, 0.1) is 0 Å². The number of para-hydroxylation sites is 2. The summed E-state index contributed by atoms with van der Waals surface area (Å²) in [6, 6.07) is 52.9. The topological polar surface area (TPSA) is 50.9 Å². The monoisotopic (exact) mass is 701 g/mol. The average molecular weight is 702 g/mol. The van der Waals surface area contributed by atoms with Crippen LogP contribution in [0.2, 0.25) is 0 Å². The lowest BCUT2D eigenvalue weighted by Gasteiger charge is -2.42. The van der Waals surface area contributed by atoms with E-state index in [9.17, 15) is 5.11 Å². The van der Waals surface area contributed by atoms with Gasteiger partial charge in [-0.1, -0.05) is 125 Å². The van der Waals surface area contributed by atoms with Gasteiger partial charge in [0.1, 0.15) is 11.6 Å². The zero-order chi connectivity index (χ0) is 37.0. The van der Waals surface area contributed by atoms with E-state index >= 15 is 0 Å². The van der Waals surface area contributed by atoms with Crippen molar-refractivity contribution in [1.29, 1.82) is 0 Å². The average Bonchev–Trinajstić information content (AvgIpc) is 3.60. The molecule has 4 nitrogen and oxygen atoms in total. The number of aromatic nitrogens is 3. The number of benzene rings is 6. The van der Waals surface area contributed by atoms with E-state index in [1.165, 1.54) is 11.1 Å². The van der Waals surface area contributed by atoms with Crippen molar-refractivity contribution in [3.8, 4) is 67.5 Å². The van der Waals surface area contributed by atoms with Gasteiger partial charge in [0, 0.05) is 22.9 Å². The highest BCUT2D eigenvalue weighted by molar-refractivity contribution is 5.98. The molecule has 8 aromatic rings. The third-order valence-corrected chi connectivity index (χ3v) is 11.4. The summed E-state index contributed by atoms with van der Waals surface area (Å²) in [5, 5.41) is 12.1. The summed E-state index contributed by atoms with van der Waals surface area (Å²) < 4.78 is 2.25. The standard InChI is InChI=1S/C50H43N3O/c1-49(2)25-26-50(3,4)42-32-46(54)40(31-41(42)49)48-52-47-39(21-15-24-45(47)53(48)44-23-12-11-20-38(44)34-18-9-6-10-19-34)36-28-35(33-16-7-5-8-17-33)29-37(30-36)43-22-13-14-27-51-43/h5-24,27-32,54H,25-26H2,1-4H3. The second-order valence-corrected chi connectivity index (χ2v) is 15.9. The van der Waals surface area contributed by atoms with Gasteiger partial charge in [0.2, 0.25) is 0 Å². The third-order valence-electron chi connectivity index (χ3n) is 11.4. The van der Waals surface area contributed by atoms with E-state index in [-0.39, 0.29) is 16.6 Å². The van der Waals surface area contributed by atoms with Gasteiger partial charge in [0.05, 0.1) is 28.0 Å². The predicted octanol–water partition coefficient (Wildman–Crippen LogP) is 12.8. The molecule has 9 rings (SSSR count). The minimum Gasteiger partial charge on any atom is -0.507 e. The first-order chi connectivity index (χ1) is 26.2. The Bertz CT molecular complexity index is 2600. The number of rotatable bonds is 6. The molecule has 1 aliphatic rings. The van der Waals surface area contributed by atoms with Crippen LogP contribution in [-0.4, -0.2) is 19.6 Å². The first-order valence-electron chi connectivity index (χ1n) is 18.8. The van der Waals surface area contributed by atoms with Gasteiger partial charge < -0.3 is 5.11 Å². The zero-order valence-electron chi connectivity index (χ0n) is 31.2. The minimum atomic E-state index is -0.0446. The number of fused-ring (bicyclic) bond motifs is 2. The van der Waals surface area contributed by atoms with Crippen LogP contribution in [0.15, 0.2) is 158 Å². The first-order valence-corrected chi connectivity index (χ1v) is 18.8. The Morgan fingerprint density at radius 3 is 1.85 bits per heavy atom. The van der Waals surface area contributed by atoms with Gasteiger partial charge in [-0.3, -0.25) is 9.55 Å². The number of hydrogen-bond donors (Lipinski definition) is 1. The Balaban J connectivity index is 1.35. The Labute approximate surface area is 317 Å². The van der Waals surface area contributed by atoms with Gasteiger partial charge in [-0.2, -0.15) is 0 Å². The maximum absolute atomic E-state index is 12.1. The molecular weight excluding hydrogens is 659 g/mol. The van der Waals surface area contributed by atoms with E-state index in [1.807, 2.05) is 36.5 Å². The second-order valence-electron chi connectivity index (χ2n) is 15.9. The molecular formula is C50H43N3O. The lowest BCUT2D eigenvalue weighted by atomic mass is 9.63. The fraction of sp³-hybridized carbons (Fsp3) is 0.160. The van der Waals surface area contributed by atoms with Crippen LogP contribution in [0.1, 0.15) is 51.7 Å². The van der Waals surface area contributed by atoms with Gasteiger partial charge in [-0.15, -0.1) is 0 Å². The molecule has 0 bridgehead atoms. The van der Waals surface area contributed by atoms with Crippen molar-refractivity contribution in [3.63, 3.8) is 0 Å². The Kier molecular flexibility index (Phi) is 8.08. The molecule has 0 fully saturated rings. The number of nitrogens with zero attached hydrogens (tertiary/aromatic N) is 3. The highest BCUT2D eigenvalue weighted by atomic mass is 16.3. The lowest BCUT2D eigenvalue weighted by molar-refractivity contribution is 0.330. The highest BCUT2D eigenvalue weighted by Gasteiger charge is 2.38. The fourth-order valence-electron chi connectivity index (χ4n) is 8.33. The van der Waals surface area contributed by atoms with Gasteiger partial charge >= 0.3 is 0 Å². The second kappa shape index (κ2) is 13.0. The van der Waals surface area contributed by atoms with Gasteiger partial charge in [-0.05, 0) is 112 Å². The van der Waals surface area contributed by atoms with Crippen LogP contribution >= 0.6 is 0 Å². The molecule has 0 spiro atoms. The Hall–Kier alpha value is -6.26. The van der Waals surface area contributed by atoms with E-state index < -0.39 is 0 Å². The number of hydrogen-bond acceptors (Lipinski definition) is 3. The molecule has 1 aliphatic carbocycles. The van der Waals surface area contributed by atoms with Crippen molar-refractivity contribution in [2.75, 3.05) is 0 Å². The largest absolute Gasteiger partial charge is 0.507 e. The molecule has 0 atom stereocenters. The molecule has 0 aliphatic heterocycles. The molecule has 1 N–H and O–H groups in total. The van der Waals surface area contributed by atoms with E-state index in [2.05, 4.69) is 154 Å². The summed E-state index contributed by atoms with van der Waals surface area (Å²) in [5.41, 5.74) is 14.4. The molecule has 0 unspecified atom stereocenters. The molecule has 2 aromatic heterocycles. The molecule has 0 radical (unpaired) electrons. The van der Waals surface area contributed by atoms with Crippen molar-refractivity contribution < 1.29 is 5.11 Å². The van der Waals surface area contributed by atoms with Crippen LogP contribution in [0.25, 0.3) is 72.7 Å². The normalized spacial score (nSPS) is 14.5. The molecule has 0 saturated carbocycles. The van der Waals surface area contributed by atoms with E-state index in [1.54, 1.807) is 0 Å². The first kappa shape index (κ1) is 33.6. The Morgan fingerprint density at radius 2 is 1.13 bits per heavy atom. The van der Waals surface area contributed by atoms with Crippen molar-refractivity contribution in [2.45, 2.75) is 51.4 Å². The zero-order valence-corrected chi connectivity index (χ0v) is 31.2. The van der Waals surface area contributed by atoms with Gasteiger partial charge in [0.15, 0.2) is 0 Å². The summed E-state index contributed by atoms with van der Waals surface area (Å²) in [7, 11) is 0. The van der Waals surface area contributed by atoms with Crippen molar-refractivity contribution in [1.82, 2.24) is 14.5 Å². The van der Waals surface area contributed by atoms with Crippen molar-refractivity contribution in [2.24, 2.45) is 0 Å². The number of phenols is 1. The predicted molar refractivity (Wildman–Crippen MR) is 223 cm³/mol. The van der Waals surface area contributed by atoms with E-state index in [0.29, 0.717) is 5.82 Å². The number of pyridine rings is 1. The van der Waals surface area contributed by atoms with Gasteiger partial charge in [-0.25, -0.2) is 4.98 Å². The third kappa shape index (κ3) is 5.79. The number of imidazole rings is 1. The molecule has 2 heterocycles. The number of aromatic hydroxyl groups is 1. The van der Waals surface area contributed by atoms with Crippen LogP contribution in [-0.2, 0) is 10.8 Å². The quantitative estimate of drug-likeness (QED) is 0.188. The summed E-state index contributed by atoms with van der Waals surface area (Å²) in [6.45, 7) is 9.24. The molecule has 0 saturated heterocycles. The molecule has 54 heavy (non-hydrogen) atoms. The Morgan fingerprint density at radius 1 is 0.519 bits per heavy atom. The maximum atomic E-state index is 12.1. The molecule has 4 heteroatoms. The summed E-state index contributed by atoms with van der Waals surface area (Å²) in [4.78, 5) is 10.3. The van der Waals surface area contributed by atoms with E-state index in [0.717, 1.165) is 79.8 Å². The molecule has 0 amide bonds. The fourth-order valence-corrected chi connectivity index (χ4v) is 8.33. The van der Waals surface area contributed by atoms with Crippen molar-refractivity contribution >= 4 is 11.0 Å². The van der Waals surface area contributed by atoms with Crippen LogP contribution in [0.3, 0.4) is 0 Å². The van der Waals surface area contributed by atoms with Crippen LogP contribution in [0.4, 0.5) is 0 Å². The lowest BCUT2D eigenvalue weighted by Crippen LogP contribution is -2.33. The smallest absolute Gasteiger partial charge is 0.149 e. The number of phenolic OH excluding ortho intramolecular Hbond substituents is 1. The van der Waals surface area contributed by atoms with Gasteiger partial charge in [0.25, 0.3) is 0 Å². The molecule has 6 aromatic carbocycles. The SMILES string of the molecule is CC1(C)CCC(C)(C)c2cc(-c3nc4c(-c5cc(-c6ccccc6)cc(-c6ccccn6)c5)cccc4n3-c3ccccc3-c3ccccc3)c(O)cc21. The van der Waals surface area contributed by atoms with Crippen molar-refractivity contribution in [3.05, 3.63) is 169 Å². The summed E-state index contributed by atoms with van der Waals surface area (Å²) in [6.07, 6.45) is 3.99. The summed E-state index contributed by atoms with van der Waals surface area (Å²) in [5.74, 6) is 0.961. The minimum absolute atomic E-state index is 0.0385.